The molecule has 0 aromatic heterocycles. The van der Waals surface area contributed by atoms with E-state index in [-0.39, 0.29) is 11.5 Å². The molecular formula is C19H25NO5S. The van der Waals surface area contributed by atoms with Gasteiger partial charge >= 0.3 is 0 Å². The van der Waals surface area contributed by atoms with Gasteiger partial charge in [-0.25, -0.2) is 13.1 Å². The number of aryl methyl sites for hydroxylation is 2. The Bertz CT molecular complexity index is 864. The number of hydrogen-bond acceptors (Lipinski definition) is 5. The molecule has 0 fully saturated rings. The van der Waals surface area contributed by atoms with Crippen molar-refractivity contribution in [2.45, 2.75) is 31.7 Å². The first-order valence-corrected chi connectivity index (χ1v) is 9.70. The third-order valence-electron chi connectivity index (χ3n) is 3.90. The van der Waals surface area contributed by atoms with Gasteiger partial charge in [-0.05, 0) is 56.2 Å². The Morgan fingerprint density at radius 2 is 1.58 bits per heavy atom. The van der Waals surface area contributed by atoms with Crippen LogP contribution in [0.3, 0.4) is 0 Å². The SMILES string of the molecule is COc1cc(C)c(S(=O)(=O)N[C@H](C)COc2ccccc2OC)cc1C. The molecule has 0 aliphatic heterocycles. The molecule has 7 heteroatoms. The van der Waals surface area contributed by atoms with E-state index in [1.54, 1.807) is 52.3 Å². The van der Waals surface area contributed by atoms with E-state index in [1.165, 1.54) is 0 Å². The van der Waals surface area contributed by atoms with E-state index in [9.17, 15) is 8.42 Å². The molecule has 2 aromatic carbocycles. The molecule has 0 saturated heterocycles. The third kappa shape index (κ3) is 4.68. The quantitative estimate of drug-likeness (QED) is 0.763. The van der Waals surface area contributed by atoms with E-state index >= 15 is 0 Å². The smallest absolute Gasteiger partial charge is 0.241 e. The topological polar surface area (TPSA) is 73.9 Å². The monoisotopic (exact) mass is 379 g/mol. The lowest BCUT2D eigenvalue weighted by Gasteiger charge is -2.18. The molecule has 0 aliphatic carbocycles. The van der Waals surface area contributed by atoms with Crippen molar-refractivity contribution in [2.75, 3.05) is 20.8 Å². The molecule has 26 heavy (non-hydrogen) atoms. The summed E-state index contributed by atoms with van der Waals surface area (Å²) in [4.78, 5) is 0.236. The Morgan fingerprint density at radius 3 is 2.19 bits per heavy atom. The maximum atomic E-state index is 12.7. The van der Waals surface area contributed by atoms with Gasteiger partial charge < -0.3 is 14.2 Å². The maximum absolute atomic E-state index is 12.7. The zero-order chi connectivity index (χ0) is 19.3. The van der Waals surface area contributed by atoms with Gasteiger partial charge in [0, 0.05) is 0 Å². The molecule has 0 heterocycles. The number of ether oxygens (including phenoxy) is 3. The van der Waals surface area contributed by atoms with E-state index in [0.29, 0.717) is 22.8 Å². The van der Waals surface area contributed by atoms with Crippen LogP contribution in [-0.4, -0.2) is 35.3 Å². The number of para-hydroxylation sites is 2. The van der Waals surface area contributed by atoms with E-state index in [0.717, 1.165) is 5.56 Å². The Labute approximate surface area is 155 Å². The van der Waals surface area contributed by atoms with E-state index in [2.05, 4.69) is 4.72 Å². The molecule has 1 atom stereocenters. The summed E-state index contributed by atoms with van der Waals surface area (Å²) >= 11 is 0. The molecule has 6 nitrogen and oxygen atoms in total. The first kappa shape index (κ1) is 20.1. The molecular weight excluding hydrogens is 354 g/mol. The van der Waals surface area contributed by atoms with Gasteiger partial charge in [-0.3, -0.25) is 0 Å². The molecule has 0 unspecified atom stereocenters. The molecule has 0 bridgehead atoms. The van der Waals surface area contributed by atoms with Crippen LogP contribution in [0.5, 0.6) is 17.2 Å². The van der Waals surface area contributed by atoms with Crippen LogP contribution in [0.15, 0.2) is 41.3 Å². The normalized spacial score (nSPS) is 12.5. The number of methoxy groups -OCH3 is 2. The Hall–Kier alpha value is -2.25. The predicted molar refractivity (Wildman–Crippen MR) is 101 cm³/mol. The summed E-state index contributed by atoms with van der Waals surface area (Å²) in [5.41, 5.74) is 1.38. The molecule has 0 radical (unpaired) electrons. The summed E-state index contributed by atoms with van der Waals surface area (Å²) in [7, 11) is -0.555. The van der Waals surface area contributed by atoms with Gasteiger partial charge in [-0.1, -0.05) is 12.1 Å². The minimum Gasteiger partial charge on any atom is -0.496 e. The van der Waals surface area contributed by atoms with Gasteiger partial charge in [0.15, 0.2) is 11.5 Å². The standard InChI is InChI=1S/C19H25NO5S/c1-13-11-19(14(2)10-18(13)24-5)26(21,22)20-15(3)12-25-17-9-7-6-8-16(17)23-4/h6-11,15,20H,12H2,1-5H3/t15-/m1/s1. The van der Waals surface area contributed by atoms with Crippen molar-refractivity contribution in [3.8, 4) is 17.2 Å². The summed E-state index contributed by atoms with van der Waals surface area (Å²) < 4.78 is 44.2. The van der Waals surface area contributed by atoms with Gasteiger partial charge in [0.25, 0.3) is 0 Å². The van der Waals surface area contributed by atoms with Crippen molar-refractivity contribution in [3.05, 3.63) is 47.5 Å². The van der Waals surface area contributed by atoms with Crippen molar-refractivity contribution in [1.29, 1.82) is 0 Å². The molecule has 0 saturated carbocycles. The van der Waals surface area contributed by atoms with E-state index in [1.807, 2.05) is 19.1 Å². The highest BCUT2D eigenvalue weighted by molar-refractivity contribution is 7.89. The lowest BCUT2D eigenvalue weighted by Crippen LogP contribution is -2.37. The second-order valence-corrected chi connectivity index (χ2v) is 7.75. The molecule has 142 valence electrons. The predicted octanol–water partition coefficient (Wildman–Crippen LogP) is 3.07. The van der Waals surface area contributed by atoms with E-state index < -0.39 is 16.1 Å². The second kappa shape index (κ2) is 8.42. The highest BCUT2D eigenvalue weighted by Gasteiger charge is 2.21. The molecule has 2 aromatic rings. The molecule has 0 spiro atoms. The first-order valence-electron chi connectivity index (χ1n) is 8.22. The lowest BCUT2D eigenvalue weighted by molar-refractivity contribution is 0.271. The second-order valence-electron chi connectivity index (χ2n) is 6.07. The van der Waals surface area contributed by atoms with Crippen LogP contribution >= 0.6 is 0 Å². The molecule has 0 aliphatic rings. The fourth-order valence-corrected chi connectivity index (χ4v) is 4.13. The summed E-state index contributed by atoms with van der Waals surface area (Å²) in [5, 5.41) is 0. The summed E-state index contributed by atoms with van der Waals surface area (Å²) in [6.45, 7) is 5.48. The lowest BCUT2D eigenvalue weighted by atomic mass is 10.1. The highest BCUT2D eigenvalue weighted by Crippen LogP contribution is 2.27. The highest BCUT2D eigenvalue weighted by atomic mass is 32.2. The minimum atomic E-state index is -3.67. The van der Waals surface area contributed by atoms with Crippen molar-refractivity contribution in [1.82, 2.24) is 4.72 Å². The zero-order valence-electron chi connectivity index (χ0n) is 15.7. The van der Waals surface area contributed by atoms with Crippen molar-refractivity contribution < 1.29 is 22.6 Å². The van der Waals surface area contributed by atoms with Crippen LogP contribution in [0.1, 0.15) is 18.1 Å². The van der Waals surface area contributed by atoms with Crippen LogP contribution in [0.4, 0.5) is 0 Å². The average molecular weight is 379 g/mol. The van der Waals surface area contributed by atoms with Crippen LogP contribution in [-0.2, 0) is 10.0 Å². The number of nitrogens with one attached hydrogen (secondary N) is 1. The van der Waals surface area contributed by atoms with Gasteiger partial charge in [0.1, 0.15) is 12.4 Å². The summed E-state index contributed by atoms with van der Waals surface area (Å²) in [6, 6.07) is 10.1. The van der Waals surface area contributed by atoms with Crippen molar-refractivity contribution in [3.63, 3.8) is 0 Å². The Morgan fingerprint density at radius 1 is 0.962 bits per heavy atom. The number of rotatable bonds is 8. The van der Waals surface area contributed by atoms with E-state index in [4.69, 9.17) is 14.2 Å². The fraction of sp³-hybridized carbons (Fsp3) is 0.368. The summed E-state index contributed by atoms with van der Waals surface area (Å²) in [5.74, 6) is 1.83. The summed E-state index contributed by atoms with van der Waals surface area (Å²) in [6.07, 6.45) is 0. The van der Waals surface area contributed by atoms with Crippen LogP contribution in [0.2, 0.25) is 0 Å². The largest absolute Gasteiger partial charge is 0.496 e. The van der Waals surface area contributed by atoms with Crippen LogP contribution in [0.25, 0.3) is 0 Å². The molecule has 0 amide bonds. The first-order chi connectivity index (χ1) is 12.3. The Kier molecular flexibility index (Phi) is 6.50. The Balaban J connectivity index is 2.10. The number of hydrogen-bond donors (Lipinski definition) is 1. The number of benzene rings is 2. The third-order valence-corrected chi connectivity index (χ3v) is 5.63. The zero-order valence-corrected chi connectivity index (χ0v) is 16.5. The fourth-order valence-electron chi connectivity index (χ4n) is 2.59. The van der Waals surface area contributed by atoms with Gasteiger partial charge in [0.2, 0.25) is 10.0 Å². The van der Waals surface area contributed by atoms with Crippen molar-refractivity contribution in [2.24, 2.45) is 0 Å². The van der Waals surface area contributed by atoms with Crippen LogP contribution < -0.4 is 18.9 Å². The minimum absolute atomic E-state index is 0.174. The van der Waals surface area contributed by atoms with Gasteiger partial charge in [-0.15, -0.1) is 0 Å². The molecule has 1 N–H and O–H groups in total. The van der Waals surface area contributed by atoms with Gasteiger partial charge in [-0.2, -0.15) is 0 Å². The number of sulfonamides is 1. The molecule has 2 rings (SSSR count). The van der Waals surface area contributed by atoms with Gasteiger partial charge in [0.05, 0.1) is 25.2 Å². The van der Waals surface area contributed by atoms with Crippen LogP contribution in [0, 0.1) is 13.8 Å². The van der Waals surface area contributed by atoms with Crippen molar-refractivity contribution >= 4 is 10.0 Å². The maximum Gasteiger partial charge on any atom is 0.241 e. The average Bonchev–Trinajstić information content (AvgIpc) is 2.61.